The Morgan fingerprint density at radius 1 is 1.41 bits per heavy atom. The maximum Gasteiger partial charge on any atom is 0.138 e. The summed E-state index contributed by atoms with van der Waals surface area (Å²) < 4.78 is 3.77. The van der Waals surface area contributed by atoms with Crippen LogP contribution < -0.4 is 5.73 Å². The molecule has 0 bridgehead atoms. The van der Waals surface area contributed by atoms with Crippen LogP contribution >= 0.6 is 31.9 Å². The molecule has 0 fully saturated rings. The smallest absolute Gasteiger partial charge is 0.138 e. The minimum Gasteiger partial charge on any atom is -0.324 e. The highest BCUT2D eigenvalue weighted by molar-refractivity contribution is 9.11. The molecular weight excluding hydrogens is 348 g/mol. The van der Waals surface area contributed by atoms with Crippen molar-refractivity contribution in [2.75, 3.05) is 0 Å². The lowest BCUT2D eigenvalue weighted by Gasteiger charge is -2.13. The van der Waals surface area contributed by atoms with Gasteiger partial charge >= 0.3 is 0 Å². The van der Waals surface area contributed by atoms with Gasteiger partial charge in [0.25, 0.3) is 0 Å². The number of rotatable bonds is 3. The average molecular weight is 360 g/mol. The molecule has 17 heavy (non-hydrogen) atoms. The van der Waals surface area contributed by atoms with Crippen LogP contribution in [0, 0.1) is 0 Å². The molecule has 0 saturated carbocycles. The Bertz CT molecular complexity index is 524. The lowest BCUT2D eigenvalue weighted by molar-refractivity contribution is 0.628. The van der Waals surface area contributed by atoms with Crippen molar-refractivity contribution in [2.24, 2.45) is 12.8 Å². The standard InChI is InChI=1S/C11H12Br2N4/c1-17-11(15-6-16-17)5-10(14)8-3-2-7(12)4-9(8)13/h2-4,6,10H,5,14H2,1H3. The van der Waals surface area contributed by atoms with Gasteiger partial charge in [-0.1, -0.05) is 37.9 Å². The van der Waals surface area contributed by atoms with Gasteiger partial charge in [-0.2, -0.15) is 5.10 Å². The van der Waals surface area contributed by atoms with Crippen molar-refractivity contribution in [1.82, 2.24) is 14.8 Å². The summed E-state index contributed by atoms with van der Waals surface area (Å²) >= 11 is 6.94. The van der Waals surface area contributed by atoms with Gasteiger partial charge in [0.15, 0.2) is 0 Å². The molecule has 0 radical (unpaired) electrons. The summed E-state index contributed by atoms with van der Waals surface area (Å²) in [7, 11) is 1.87. The van der Waals surface area contributed by atoms with Crippen molar-refractivity contribution in [1.29, 1.82) is 0 Å². The fraction of sp³-hybridized carbons (Fsp3) is 0.273. The molecule has 2 aromatic rings. The summed E-state index contributed by atoms with van der Waals surface area (Å²) in [4.78, 5) is 4.18. The molecule has 2 N–H and O–H groups in total. The Balaban J connectivity index is 2.20. The van der Waals surface area contributed by atoms with Gasteiger partial charge in [0.2, 0.25) is 0 Å². The van der Waals surface area contributed by atoms with Gasteiger partial charge in [0.05, 0.1) is 0 Å². The quantitative estimate of drug-likeness (QED) is 0.916. The van der Waals surface area contributed by atoms with Gasteiger partial charge in [0, 0.05) is 28.5 Å². The monoisotopic (exact) mass is 358 g/mol. The Morgan fingerprint density at radius 2 is 2.18 bits per heavy atom. The van der Waals surface area contributed by atoms with Crippen LogP contribution in [0.1, 0.15) is 17.4 Å². The molecule has 0 saturated heterocycles. The molecule has 0 aliphatic carbocycles. The molecule has 6 heteroatoms. The number of nitrogens with zero attached hydrogens (tertiary/aromatic N) is 3. The predicted octanol–water partition coefficient (Wildman–Crippen LogP) is 2.58. The summed E-state index contributed by atoms with van der Waals surface area (Å²) in [6, 6.07) is 5.89. The first-order chi connectivity index (χ1) is 8.08. The molecule has 0 aliphatic heterocycles. The van der Waals surface area contributed by atoms with E-state index in [-0.39, 0.29) is 6.04 Å². The van der Waals surface area contributed by atoms with Gasteiger partial charge in [-0.25, -0.2) is 4.98 Å². The third-order valence-corrected chi connectivity index (χ3v) is 3.75. The first-order valence-corrected chi connectivity index (χ1v) is 6.70. The van der Waals surface area contributed by atoms with Gasteiger partial charge in [-0.3, -0.25) is 4.68 Å². The number of aryl methyl sites for hydroxylation is 1. The van der Waals surface area contributed by atoms with Crippen molar-refractivity contribution < 1.29 is 0 Å². The van der Waals surface area contributed by atoms with Crippen LogP contribution in [-0.4, -0.2) is 14.8 Å². The molecule has 1 aromatic heterocycles. The zero-order chi connectivity index (χ0) is 12.4. The van der Waals surface area contributed by atoms with Crippen LogP contribution in [0.15, 0.2) is 33.5 Å². The lowest BCUT2D eigenvalue weighted by Crippen LogP contribution is -2.16. The second-order valence-corrected chi connectivity index (χ2v) is 5.55. The van der Waals surface area contributed by atoms with Crippen molar-refractivity contribution in [3.05, 3.63) is 44.9 Å². The van der Waals surface area contributed by atoms with E-state index in [1.165, 1.54) is 0 Å². The van der Waals surface area contributed by atoms with Crippen LogP contribution in [0.5, 0.6) is 0 Å². The van der Waals surface area contributed by atoms with Crippen molar-refractivity contribution in [3.8, 4) is 0 Å². The molecular formula is C11H12Br2N4. The number of halogens is 2. The minimum absolute atomic E-state index is 0.0969. The Hall–Kier alpha value is -0.720. The molecule has 1 atom stereocenters. The number of hydrogen-bond acceptors (Lipinski definition) is 3. The van der Waals surface area contributed by atoms with Crippen molar-refractivity contribution >= 4 is 31.9 Å². The third-order valence-electron chi connectivity index (χ3n) is 2.57. The van der Waals surface area contributed by atoms with Gasteiger partial charge in [0.1, 0.15) is 12.2 Å². The van der Waals surface area contributed by atoms with Crippen LogP contribution in [0.4, 0.5) is 0 Å². The maximum atomic E-state index is 6.18. The summed E-state index contributed by atoms with van der Waals surface area (Å²) in [5.41, 5.74) is 7.25. The van der Waals surface area contributed by atoms with E-state index in [0.717, 1.165) is 20.3 Å². The van der Waals surface area contributed by atoms with E-state index >= 15 is 0 Å². The van der Waals surface area contributed by atoms with Crippen molar-refractivity contribution in [3.63, 3.8) is 0 Å². The highest BCUT2D eigenvalue weighted by Crippen LogP contribution is 2.27. The Morgan fingerprint density at radius 3 is 2.76 bits per heavy atom. The second-order valence-electron chi connectivity index (χ2n) is 3.78. The summed E-state index contributed by atoms with van der Waals surface area (Å²) in [5.74, 6) is 0.882. The summed E-state index contributed by atoms with van der Waals surface area (Å²) in [6.07, 6.45) is 2.20. The number of hydrogen-bond donors (Lipinski definition) is 1. The van der Waals surface area contributed by atoms with E-state index in [1.54, 1.807) is 11.0 Å². The number of benzene rings is 1. The second kappa shape index (κ2) is 5.29. The highest BCUT2D eigenvalue weighted by atomic mass is 79.9. The maximum absolute atomic E-state index is 6.18. The van der Waals surface area contributed by atoms with Crippen LogP contribution in [-0.2, 0) is 13.5 Å². The first-order valence-electron chi connectivity index (χ1n) is 5.11. The predicted molar refractivity (Wildman–Crippen MR) is 73.5 cm³/mol. The summed E-state index contributed by atoms with van der Waals surface area (Å²) in [5, 5.41) is 4.03. The normalized spacial score (nSPS) is 12.7. The number of aromatic nitrogens is 3. The molecule has 1 aromatic carbocycles. The molecule has 90 valence electrons. The topological polar surface area (TPSA) is 56.7 Å². The first kappa shape index (κ1) is 12.7. The zero-order valence-electron chi connectivity index (χ0n) is 9.27. The summed E-state index contributed by atoms with van der Waals surface area (Å²) in [6.45, 7) is 0. The zero-order valence-corrected chi connectivity index (χ0v) is 12.4. The van der Waals surface area contributed by atoms with E-state index in [1.807, 2.05) is 25.2 Å². The Kier molecular flexibility index (Phi) is 3.96. The van der Waals surface area contributed by atoms with Crippen LogP contribution in [0.2, 0.25) is 0 Å². The van der Waals surface area contributed by atoms with Crippen LogP contribution in [0.25, 0.3) is 0 Å². The van der Waals surface area contributed by atoms with E-state index in [9.17, 15) is 0 Å². The fourth-order valence-electron chi connectivity index (χ4n) is 1.61. The van der Waals surface area contributed by atoms with Crippen molar-refractivity contribution in [2.45, 2.75) is 12.5 Å². The molecule has 0 aliphatic rings. The Labute approximate surface area is 116 Å². The van der Waals surface area contributed by atoms with Gasteiger partial charge in [-0.15, -0.1) is 0 Å². The van der Waals surface area contributed by atoms with Crippen LogP contribution in [0.3, 0.4) is 0 Å². The lowest BCUT2D eigenvalue weighted by atomic mass is 10.0. The molecule has 1 unspecified atom stereocenters. The molecule has 0 spiro atoms. The number of nitrogens with two attached hydrogens (primary N) is 1. The molecule has 2 rings (SSSR count). The largest absolute Gasteiger partial charge is 0.324 e. The SMILES string of the molecule is Cn1ncnc1CC(N)c1ccc(Br)cc1Br. The molecule has 4 nitrogen and oxygen atoms in total. The van der Waals surface area contributed by atoms with Gasteiger partial charge < -0.3 is 5.73 Å². The van der Waals surface area contributed by atoms with E-state index in [0.29, 0.717) is 6.42 Å². The van der Waals surface area contributed by atoms with E-state index < -0.39 is 0 Å². The average Bonchev–Trinajstić information content (AvgIpc) is 2.64. The fourth-order valence-corrected chi connectivity index (χ4v) is 2.95. The third kappa shape index (κ3) is 2.94. The minimum atomic E-state index is -0.0969. The molecule has 1 heterocycles. The molecule has 0 amide bonds. The van der Waals surface area contributed by atoms with E-state index in [2.05, 4.69) is 41.9 Å². The van der Waals surface area contributed by atoms with Gasteiger partial charge in [-0.05, 0) is 17.7 Å². The highest BCUT2D eigenvalue weighted by Gasteiger charge is 2.13. The van der Waals surface area contributed by atoms with E-state index in [4.69, 9.17) is 5.73 Å².